The Labute approximate surface area is 285 Å². The van der Waals surface area contributed by atoms with Gasteiger partial charge in [-0.25, -0.2) is 9.97 Å². The van der Waals surface area contributed by atoms with E-state index in [-0.39, 0.29) is 0 Å². The number of benzene rings is 6. The van der Waals surface area contributed by atoms with Crippen molar-refractivity contribution in [3.8, 4) is 22.9 Å². The largest absolute Gasteiger partial charge is 0.457 e. The second-order valence-electron chi connectivity index (χ2n) is 12.7. The highest BCUT2D eigenvalue weighted by atomic mass is 16.5. The van der Waals surface area contributed by atoms with Gasteiger partial charge in [0, 0.05) is 62.7 Å². The van der Waals surface area contributed by atoms with Crippen LogP contribution in [0.1, 0.15) is 0 Å². The highest BCUT2D eigenvalue weighted by molar-refractivity contribution is 6.28. The van der Waals surface area contributed by atoms with Crippen LogP contribution in [0.25, 0.3) is 82.4 Å². The molecule has 0 saturated heterocycles. The Morgan fingerprint density at radius 1 is 0.400 bits per heavy atom. The van der Waals surface area contributed by atoms with Crippen molar-refractivity contribution < 1.29 is 4.74 Å². The van der Waals surface area contributed by atoms with Crippen LogP contribution in [0.2, 0.25) is 0 Å². The minimum absolute atomic E-state index is 0.745. The van der Waals surface area contributed by atoms with Gasteiger partial charge in [-0.05, 0) is 84.2 Å². The standard InChI is InChI=1S/C44H27N5O/c1-2-10-28(11-3-1)48-38-18-7-5-15-34(38)41-39(48)21-22-40-42(41)35-16-9-23-45-44(35)49(40)29-12-8-13-30(26-29)50-31-19-20-32-33-14-4-6-17-37(33)47-25-24-46-43(47)36(32)27-31/h1-27H. The van der Waals surface area contributed by atoms with Crippen LogP contribution in [0.5, 0.6) is 11.5 Å². The van der Waals surface area contributed by atoms with Gasteiger partial charge in [-0.2, -0.15) is 0 Å². The van der Waals surface area contributed by atoms with Crippen molar-refractivity contribution in [2.45, 2.75) is 0 Å². The molecule has 0 radical (unpaired) electrons. The summed E-state index contributed by atoms with van der Waals surface area (Å²) >= 11 is 0. The molecule has 0 N–H and O–H groups in total. The summed E-state index contributed by atoms with van der Waals surface area (Å²) in [6, 6.07) is 51.0. The van der Waals surface area contributed by atoms with Crippen LogP contribution >= 0.6 is 0 Å². The summed E-state index contributed by atoms with van der Waals surface area (Å²) in [5.74, 6) is 1.50. The van der Waals surface area contributed by atoms with E-state index in [4.69, 9.17) is 14.7 Å². The van der Waals surface area contributed by atoms with E-state index in [0.29, 0.717) is 0 Å². The SMILES string of the molecule is c1ccc(-n2c3ccccc3c3c4c5cccnc5n(-c5cccc(Oc6ccc7c8ccccc8n8ccnc8c7c6)c5)c4ccc32)cc1. The molecule has 0 atom stereocenters. The summed E-state index contributed by atoms with van der Waals surface area (Å²) in [5.41, 5.74) is 8.51. The van der Waals surface area contributed by atoms with Crippen molar-refractivity contribution in [1.82, 2.24) is 23.5 Å². The van der Waals surface area contributed by atoms with Crippen molar-refractivity contribution >= 4 is 71.1 Å². The third-order valence-electron chi connectivity index (χ3n) is 9.98. The van der Waals surface area contributed by atoms with Crippen molar-refractivity contribution in [1.29, 1.82) is 0 Å². The lowest BCUT2D eigenvalue weighted by atomic mass is 10.1. The Morgan fingerprint density at radius 2 is 1.10 bits per heavy atom. The molecule has 0 fully saturated rings. The molecule has 234 valence electrons. The van der Waals surface area contributed by atoms with Crippen LogP contribution in [0.4, 0.5) is 0 Å². The quantitative estimate of drug-likeness (QED) is 0.180. The molecule has 0 unspecified atom stereocenters. The normalized spacial score (nSPS) is 12.0. The molecule has 0 aliphatic carbocycles. The number of rotatable bonds is 4. The molecule has 6 aromatic carbocycles. The molecule has 5 heterocycles. The maximum Gasteiger partial charge on any atom is 0.145 e. The van der Waals surface area contributed by atoms with E-state index < -0.39 is 0 Å². The van der Waals surface area contributed by atoms with Gasteiger partial charge in [-0.1, -0.05) is 60.7 Å². The molecular formula is C44H27N5O. The minimum Gasteiger partial charge on any atom is -0.457 e. The van der Waals surface area contributed by atoms with Crippen molar-refractivity contribution in [3.63, 3.8) is 0 Å². The van der Waals surface area contributed by atoms with E-state index in [1.54, 1.807) is 0 Å². The van der Waals surface area contributed by atoms with Crippen molar-refractivity contribution in [2.24, 2.45) is 0 Å². The van der Waals surface area contributed by atoms with Gasteiger partial charge in [0.25, 0.3) is 0 Å². The van der Waals surface area contributed by atoms with Gasteiger partial charge in [0.2, 0.25) is 0 Å². The molecular weight excluding hydrogens is 615 g/mol. The molecule has 11 aromatic rings. The number of hydrogen-bond acceptors (Lipinski definition) is 3. The maximum absolute atomic E-state index is 6.59. The van der Waals surface area contributed by atoms with E-state index in [0.717, 1.165) is 61.4 Å². The molecule has 0 bridgehead atoms. The molecule has 6 heteroatoms. The molecule has 0 amide bonds. The minimum atomic E-state index is 0.745. The molecule has 0 aliphatic heterocycles. The number of imidazole rings is 1. The first-order chi connectivity index (χ1) is 24.8. The predicted octanol–water partition coefficient (Wildman–Crippen LogP) is 11.0. The number of fused-ring (bicyclic) bond motifs is 13. The van der Waals surface area contributed by atoms with Gasteiger partial charge in [-0.3, -0.25) is 8.97 Å². The number of ether oxygens (including phenoxy) is 1. The van der Waals surface area contributed by atoms with Gasteiger partial charge >= 0.3 is 0 Å². The van der Waals surface area contributed by atoms with Crippen LogP contribution in [0.3, 0.4) is 0 Å². The molecule has 11 rings (SSSR count). The molecule has 0 aliphatic rings. The fourth-order valence-electron chi connectivity index (χ4n) is 7.95. The lowest BCUT2D eigenvalue weighted by Gasteiger charge is -2.12. The Balaban J connectivity index is 1.09. The smallest absolute Gasteiger partial charge is 0.145 e. The first-order valence-corrected chi connectivity index (χ1v) is 16.7. The average Bonchev–Trinajstić information content (AvgIpc) is 3.89. The van der Waals surface area contributed by atoms with Gasteiger partial charge in [0.15, 0.2) is 0 Å². The average molecular weight is 642 g/mol. The molecule has 50 heavy (non-hydrogen) atoms. The van der Waals surface area contributed by atoms with Gasteiger partial charge in [0.1, 0.15) is 22.8 Å². The zero-order chi connectivity index (χ0) is 32.8. The van der Waals surface area contributed by atoms with E-state index in [2.05, 4.69) is 135 Å². The van der Waals surface area contributed by atoms with Gasteiger partial charge in [-0.15, -0.1) is 0 Å². The monoisotopic (exact) mass is 641 g/mol. The van der Waals surface area contributed by atoms with E-state index in [1.165, 1.54) is 32.6 Å². The fourth-order valence-corrected chi connectivity index (χ4v) is 7.95. The summed E-state index contributed by atoms with van der Waals surface area (Å²) < 4.78 is 13.4. The third kappa shape index (κ3) is 3.78. The summed E-state index contributed by atoms with van der Waals surface area (Å²) in [5, 5.41) is 8.12. The second kappa shape index (κ2) is 10.3. The number of nitrogens with zero attached hydrogens (tertiary/aromatic N) is 5. The molecule has 0 saturated carbocycles. The Morgan fingerprint density at radius 3 is 2.00 bits per heavy atom. The van der Waals surface area contributed by atoms with Crippen molar-refractivity contribution in [3.05, 3.63) is 164 Å². The Hall–Kier alpha value is -6.92. The fraction of sp³-hybridized carbons (Fsp3) is 0. The molecule has 6 nitrogen and oxygen atoms in total. The number of pyridine rings is 2. The number of para-hydroxylation sites is 3. The Bertz CT molecular complexity index is 3130. The zero-order valence-corrected chi connectivity index (χ0v) is 26.7. The predicted molar refractivity (Wildman–Crippen MR) is 203 cm³/mol. The number of aromatic nitrogens is 5. The third-order valence-corrected chi connectivity index (χ3v) is 9.98. The zero-order valence-electron chi connectivity index (χ0n) is 26.7. The van der Waals surface area contributed by atoms with Crippen LogP contribution in [0, 0.1) is 0 Å². The molecule has 5 aromatic heterocycles. The first-order valence-electron chi connectivity index (χ1n) is 16.7. The summed E-state index contributed by atoms with van der Waals surface area (Å²) in [7, 11) is 0. The van der Waals surface area contributed by atoms with Crippen LogP contribution in [-0.4, -0.2) is 23.5 Å². The topological polar surface area (TPSA) is 49.3 Å². The van der Waals surface area contributed by atoms with E-state index in [1.807, 2.05) is 42.9 Å². The maximum atomic E-state index is 6.59. The van der Waals surface area contributed by atoms with E-state index >= 15 is 0 Å². The highest BCUT2D eigenvalue weighted by Crippen LogP contribution is 2.42. The summed E-state index contributed by atoms with van der Waals surface area (Å²) in [6.07, 6.45) is 5.74. The highest BCUT2D eigenvalue weighted by Gasteiger charge is 2.21. The van der Waals surface area contributed by atoms with Gasteiger partial charge in [0.05, 0.1) is 27.8 Å². The second-order valence-corrected chi connectivity index (χ2v) is 12.7. The number of hydrogen-bond donors (Lipinski definition) is 0. The van der Waals surface area contributed by atoms with Crippen molar-refractivity contribution in [2.75, 3.05) is 0 Å². The van der Waals surface area contributed by atoms with Crippen LogP contribution < -0.4 is 4.74 Å². The summed E-state index contributed by atoms with van der Waals surface area (Å²) in [6.45, 7) is 0. The van der Waals surface area contributed by atoms with Gasteiger partial charge < -0.3 is 9.30 Å². The Kier molecular flexibility index (Phi) is 5.57. The van der Waals surface area contributed by atoms with Crippen LogP contribution in [0.15, 0.2) is 164 Å². The lowest BCUT2D eigenvalue weighted by Crippen LogP contribution is -1.96. The lowest BCUT2D eigenvalue weighted by molar-refractivity contribution is 0.483. The molecule has 0 spiro atoms. The van der Waals surface area contributed by atoms with E-state index in [9.17, 15) is 0 Å². The first kappa shape index (κ1) is 27.1. The van der Waals surface area contributed by atoms with Crippen LogP contribution in [-0.2, 0) is 0 Å². The summed E-state index contributed by atoms with van der Waals surface area (Å²) in [4.78, 5) is 9.65.